The van der Waals surface area contributed by atoms with Gasteiger partial charge in [-0.15, -0.1) is 11.8 Å². The van der Waals surface area contributed by atoms with E-state index in [1.165, 1.54) is 10.5 Å². The van der Waals surface area contributed by atoms with Gasteiger partial charge in [0.1, 0.15) is 11.9 Å². The van der Waals surface area contributed by atoms with Crippen LogP contribution in [-0.2, 0) is 6.42 Å². The van der Waals surface area contributed by atoms with Crippen molar-refractivity contribution in [1.29, 1.82) is 0 Å². The highest BCUT2D eigenvalue weighted by Crippen LogP contribution is 2.36. The maximum absolute atomic E-state index is 6.17. The zero-order valence-electron chi connectivity index (χ0n) is 11.5. The second-order valence-electron chi connectivity index (χ2n) is 4.98. The second-order valence-corrected chi connectivity index (χ2v) is 6.82. The molecule has 2 unspecified atom stereocenters. The van der Waals surface area contributed by atoms with E-state index in [4.69, 9.17) is 4.74 Å². The van der Waals surface area contributed by atoms with Gasteiger partial charge in [0.05, 0.1) is 0 Å². The summed E-state index contributed by atoms with van der Waals surface area (Å²) in [6, 6.07) is 10.9. The van der Waals surface area contributed by atoms with Crippen molar-refractivity contribution in [3.8, 4) is 5.75 Å². The Kier molecular flexibility index (Phi) is 4.65. The molecular formula is C16H19NOS2. The van der Waals surface area contributed by atoms with Crippen molar-refractivity contribution >= 4 is 23.1 Å². The van der Waals surface area contributed by atoms with Crippen LogP contribution in [-0.4, -0.2) is 24.9 Å². The van der Waals surface area contributed by atoms with Crippen LogP contribution in [0.2, 0.25) is 0 Å². The van der Waals surface area contributed by atoms with Gasteiger partial charge in [0, 0.05) is 16.7 Å². The van der Waals surface area contributed by atoms with Gasteiger partial charge in [0.2, 0.25) is 0 Å². The predicted octanol–water partition coefficient (Wildman–Crippen LogP) is 3.82. The van der Waals surface area contributed by atoms with Gasteiger partial charge in [0.15, 0.2) is 0 Å². The molecule has 2 aromatic rings. The van der Waals surface area contributed by atoms with E-state index in [1.807, 2.05) is 24.9 Å². The number of nitrogens with one attached hydrogen (secondary N) is 1. The van der Waals surface area contributed by atoms with Crippen molar-refractivity contribution < 1.29 is 4.74 Å². The van der Waals surface area contributed by atoms with E-state index >= 15 is 0 Å². The Balaban J connectivity index is 1.62. The molecule has 1 aromatic carbocycles. The maximum atomic E-state index is 6.17. The maximum Gasteiger partial charge on any atom is 0.133 e. The molecule has 0 saturated heterocycles. The average molecular weight is 305 g/mol. The summed E-state index contributed by atoms with van der Waals surface area (Å²) < 4.78 is 6.17. The van der Waals surface area contributed by atoms with E-state index in [0.717, 1.165) is 24.3 Å². The third-order valence-electron chi connectivity index (χ3n) is 3.67. The lowest BCUT2D eigenvalue weighted by molar-refractivity contribution is 0.165. The van der Waals surface area contributed by atoms with Gasteiger partial charge in [-0.05, 0) is 54.4 Å². The number of fused-ring (bicyclic) bond motifs is 1. The topological polar surface area (TPSA) is 21.3 Å². The highest BCUT2D eigenvalue weighted by atomic mass is 32.2. The Morgan fingerprint density at radius 2 is 2.25 bits per heavy atom. The van der Waals surface area contributed by atoms with Crippen molar-refractivity contribution in [2.45, 2.75) is 29.9 Å². The monoisotopic (exact) mass is 305 g/mol. The van der Waals surface area contributed by atoms with Crippen LogP contribution < -0.4 is 10.1 Å². The molecule has 1 N–H and O–H groups in total. The number of thiophene rings is 1. The lowest BCUT2D eigenvalue weighted by Crippen LogP contribution is -2.44. The van der Waals surface area contributed by atoms with Gasteiger partial charge >= 0.3 is 0 Å². The lowest BCUT2D eigenvalue weighted by Gasteiger charge is -2.31. The fraction of sp³-hybridized carbons (Fsp3) is 0.375. The molecule has 20 heavy (non-hydrogen) atoms. The van der Waals surface area contributed by atoms with Crippen LogP contribution in [0.15, 0.2) is 46.0 Å². The number of aryl methyl sites for hydroxylation is 1. The molecule has 0 saturated carbocycles. The molecule has 106 valence electrons. The summed E-state index contributed by atoms with van der Waals surface area (Å²) in [5, 5.41) is 7.81. The van der Waals surface area contributed by atoms with E-state index in [-0.39, 0.29) is 6.10 Å². The first-order chi connectivity index (χ1) is 9.86. The summed E-state index contributed by atoms with van der Waals surface area (Å²) in [5.41, 5.74) is 1.43. The largest absolute Gasteiger partial charge is 0.487 e. The zero-order valence-corrected chi connectivity index (χ0v) is 13.2. The van der Waals surface area contributed by atoms with Gasteiger partial charge < -0.3 is 10.1 Å². The molecule has 0 amide bonds. The molecular weight excluding hydrogens is 286 g/mol. The summed E-state index contributed by atoms with van der Waals surface area (Å²) in [6.45, 7) is 0. The van der Waals surface area contributed by atoms with E-state index < -0.39 is 0 Å². The molecule has 4 heteroatoms. The van der Waals surface area contributed by atoms with Gasteiger partial charge in [-0.3, -0.25) is 0 Å². The first-order valence-electron chi connectivity index (χ1n) is 6.93. The standard InChI is InChI=1S/C16H19NOS2/c1-17-13(7-6-12-8-9-19-10-12)15-11-20-16-5-3-2-4-14(16)18-15/h2-5,8-10,13,15,17H,6-7,11H2,1H3. The summed E-state index contributed by atoms with van der Waals surface area (Å²) >= 11 is 3.67. The van der Waals surface area contributed by atoms with E-state index in [0.29, 0.717) is 6.04 Å². The van der Waals surface area contributed by atoms with Crippen LogP contribution in [0.4, 0.5) is 0 Å². The van der Waals surface area contributed by atoms with Crippen molar-refractivity contribution in [3.63, 3.8) is 0 Å². The molecule has 1 aromatic heterocycles. The number of likely N-dealkylation sites (N-methyl/N-ethyl adjacent to an activating group) is 1. The van der Waals surface area contributed by atoms with Gasteiger partial charge in [-0.1, -0.05) is 12.1 Å². The van der Waals surface area contributed by atoms with E-state index in [1.54, 1.807) is 11.3 Å². The second kappa shape index (κ2) is 6.66. The Bertz CT molecular complexity index is 541. The van der Waals surface area contributed by atoms with Crippen LogP contribution in [0, 0.1) is 0 Å². The molecule has 0 spiro atoms. The van der Waals surface area contributed by atoms with E-state index in [9.17, 15) is 0 Å². The highest BCUT2D eigenvalue weighted by molar-refractivity contribution is 7.99. The molecule has 2 atom stereocenters. The minimum atomic E-state index is 0.249. The Morgan fingerprint density at radius 3 is 3.05 bits per heavy atom. The van der Waals surface area contributed by atoms with Gasteiger partial charge in [0.25, 0.3) is 0 Å². The molecule has 0 bridgehead atoms. The molecule has 0 aliphatic carbocycles. The number of ether oxygens (including phenoxy) is 1. The first kappa shape index (κ1) is 14.0. The van der Waals surface area contributed by atoms with Crippen LogP contribution in [0.1, 0.15) is 12.0 Å². The SMILES string of the molecule is CNC(CCc1ccsc1)C1CSc2ccccc2O1. The van der Waals surface area contributed by atoms with Crippen LogP contribution in [0.5, 0.6) is 5.75 Å². The minimum absolute atomic E-state index is 0.249. The molecule has 2 nitrogen and oxygen atoms in total. The highest BCUT2D eigenvalue weighted by Gasteiger charge is 2.26. The smallest absolute Gasteiger partial charge is 0.133 e. The number of hydrogen-bond acceptors (Lipinski definition) is 4. The van der Waals surface area contributed by atoms with Crippen molar-refractivity contribution in [2.24, 2.45) is 0 Å². The van der Waals surface area contributed by atoms with Crippen molar-refractivity contribution in [2.75, 3.05) is 12.8 Å². The summed E-state index contributed by atoms with van der Waals surface area (Å²) in [6.07, 6.45) is 2.47. The fourth-order valence-corrected chi connectivity index (χ4v) is 4.29. The van der Waals surface area contributed by atoms with Crippen LogP contribution in [0.25, 0.3) is 0 Å². The summed E-state index contributed by atoms with van der Waals surface area (Å²) in [7, 11) is 2.03. The minimum Gasteiger partial charge on any atom is -0.487 e. The summed E-state index contributed by atoms with van der Waals surface area (Å²) in [5.74, 6) is 2.05. The number of rotatable bonds is 5. The van der Waals surface area contributed by atoms with Crippen LogP contribution in [0.3, 0.4) is 0 Å². The quantitative estimate of drug-likeness (QED) is 0.907. The number of thioether (sulfide) groups is 1. The van der Waals surface area contributed by atoms with Gasteiger partial charge in [-0.25, -0.2) is 0 Å². The number of para-hydroxylation sites is 1. The van der Waals surface area contributed by atoms with Gasteiger partial charge in [-0.2, -0.15) is 11.3 Å². The normalized spacial score (nSPS) is 19.1. The third-order valence-corrected chi connectivity index (χ3v) is 5.55. The predicted molar refractivity (Wildman–Crippen MR) is 87.1 cm³/mol. The molecule has 1 aliphatic rings. The van der Waals surface area contributed by atoms with Crippen LogP contribution >= 0.6 is 23.1 Å². The van der Waals surface area contributed by atoms with Crippen molar-refractivity contribution in [1.82, 2.24) is 5.32 Å². The number of benzene rings is 1. The molecule has 2 heterocycles. The average Bonchev–Trinajstić information content (AvgIpc) is 3.01. The molecule has 1 aliphatic heterocycles. The number of hydrogen-bond donors (Lipinski definition) is 1. The van der Waals surface area contributed by atoms with Crippen molar-refractivity contribution in [3.05, 3.63) is 46.7 Å². The summed E-state index contributed by atoms with van der Waals surface area (Å²) in [4.78, 5) is 1.26. The fourth-order valence-electron chi connectivity index (χ4n) is 2.51. The third kappa shape index (κ3) is 3.19. The molecule has 0 radical (unpaired) electrons. The molecule has 0 fully saturated rings. The Morgan fingerprint density at radius 1 is 1.35 bits per heavy atom. The zero-order chi connectivity index (χ0) is 13.8. The first-order valence-corrected chi connectivity index (χ1v) is 8.86. The van der Waals surface area contributed by atoms with E-state index in [2.05, 4.69) is 40.3 Å². The Labute approximate surface area is 128 Å². The Hall–Kier alpha value is -0.970. The lowest BCUT2D eigenvalue weighted by atomic mass is 10.0. The molecule has 3 rings (SSSR count).